The Morgan fingerprint density at radius 1 is 1.33 bits per heavy atom. The van der Waals surface area contributed by atoms with Crippen LogP contribution in [0.2, 0.25) is 0 Å². The van der Waals surface area contributed by atoms with Crippen molar-refractivity contribution in [1.29, 1.82) is 5.26 Å². The number of nitrogens with one attached hydrogen (secondary N) is 1. The minimum absolute atomic E-state index is 0.0650. The maximum absolute atomic E-state index is 13.0. The van der Waals surface area contributed by atoms with Gasteiger partial charge in [0.05, 0.1) is 12.1 Å². The van der Waals surface area contributed by atoms with E-state index in [9.17, 15) is 19.6 Å². The van der Waals surface area contributed by atoms with Crippen LogP contribution >= 0.6 is 0 Å². The quantitative estimate of drug-likeness (QED) is 0.750. The van der Waals surface area contributed by atoms with Crippen molar-refractivity contribution >= 4 is 17.9 Å². The van der Waals surface area contributed by atoms with Gasteiger partial charge in [-0.05, 0) is 45.4 Å². The van der Waals surface area contributed by atoms with E-state index in [0.29, 0.717) is 19.4 Å². The average molecular weight is 380 g/mol. The number of nitrogens with two attached hydrogens (primary N) is 1. The van der Waals surface area contributed by atoms with E-state index in [0.717, 1.165) is 4.90 Å². The smallest absolute Gasteiger partial charge is 0.418 e. The highest BCUT2D eigenvalue weighted by molar-refractivity contribution is 5.96. The number of carbonyl (C=O) groups is 3. The molecule has 1 fully saturated rings. The molecule has 0 radical (unpaired) electrons. The summed E-state index contributed by atoms with van der Waals surface area (Å²) in [6.45, 7) is 11.3. The molecule has 27 heavy (non-hydrogen) atoms. The third-order valence-electron chi connectivity index (χ3n) is 4.11. The van der Waals surface area contributed by atoms with Gasteiger partial charge in [0.1, 0.15) is 11.6 Å². The van der Waals surface area contributed by atoms with Gasteiger partial charge in [0.15, 0.2) is 0 Å². The standard InChI is InChI=1S/C19H32N4O4/c1-18(2,3)10-14(21)16(25)23(17(26)27-19(4,5)6)13(11-20)9-12-7-8-22-15(12)24/h12-14H,7-10,21H2,1-6H3,(H,22,24)/t12-,13-,14-/m0/s1. The first-order valence-corrected chi connectivity index (χ1v) is 9.24. The highest BCUT2D eigenvalue weighted by Crippen LogP contribution is 2.25. The molecule has 0 aromatic rings. The lowest BCUT2D eigenvalue weighted by atomic mass is 9.87. The van der Waals surface area contributed by atoms with Crippen molar-refractivity contribution in [2.45, 2.75) is 78.5 Å². The summed E-state index contributed by atoms with van der Waals surface area (Å²) >= 11 is 0. The second-order valence-corrected chi connectivity index (χ2v) is 9.22. The van der Waals surface area contributed by atoms with Crippen LogP contribution < -0.4 is 11.1 Å². The van der Waals surface area contributed by atoms with Gasteiger partial charge >= 0.3 is 6.09 Å². The van der Waals surface area contributed by atoms with Crippen LogP contribution in [-0.2, 0) is 14.3 Å². The molecular formula is C19H32N4O4. The number of carbonyl (C=O) groups excluding carboxylic acids is 3. The second kappa shape index (κ2) is 8.70. The molecule has 1 aliphatic heterocycles. The first-order valence-electron chi connectivity index (χ1n) is 9.24. The summed E-state index contributed by atoms with van der Waals surface area (Å²) in [7, 11) is 0. The Hall–Kier alpha value is -2.14. The predicted molar refractivity (Wildman–Crippen MR) is 100 cm³/mol. The summed E-state index contributed by atoms with van der Waals surface area (Å²) in [6.07, 6.45) is 0.0475. The van der Waals surface area contributed by atoms with Crippen LogP contribution in [0.3, 0.4) is 0 Å². The number of nitriles is 1. The third-order valence-corrected chi connectivity index (χ3v) is 4.11. The zero-order valence-corrected chi connectivity index (χ0v) is 17.2. The highest BCUT2D eigenvalue weighted by atomic mass is 16.6. The van der Waals surface area contributed by atoms with Gasteiger partial charge in [0, 0.05) is 12.5 Å². The molecule has 0 aromatic heterocycles. The molecule has 0 spiro atoms. The summed E-state index contributed by atoms with van der Waals surface area (Å²) in [6, 6.07) is -0.0877. The van der Waals surface area contributed by atoms with E-state index in [1.54, 1.807) is 20.8 Å². The summed E-state index contributed by atoms with van der Waals surface area (Å²) in [5.41, 5.74) is 4.97. The van der Waals surface area contributed by atoms with Gasteiger partial charge < -0.3 is 15.8 Å². The first kappa shape index (κ1) is 22.9. The predicted octanol–water partition coefficient (Wildman–Crippen LogP) is 1.93. The molecule has 0 unspecified atom stereocenters. The summed E-state index contributed by atoms with van der Waals surface area (Å²) in [5, 5.41) is 12.3. The molecule has 0 bridgehead atoms. The molecule has 3 atom stereocenters. The lowest BCUT2D eigenvalue weighted by molar-refractivity contribution is -0.134. The van der Waals surface area contributed by atoms with Crippen molar-refractivity contribution in [1.82, 2.24) is 10.2 Å². The normalized spacial score (nSPS) is 19.6. The van der Waals surface area contributed by atoms with Crippen LogP contribution in [0.15, 0.2) is 0 Å². The van der Waals surface area contributed by atoms with Crippen molar-refractivity contribution in [2.24, 2.45) is 17.1 Å². The summed E-state index contributed by atoms with van der Waals surface area (Å²) in [4.78, 5) is 38.3. The van der Waals surface area contributed by atoms with E-state index in [4.69, 9.17) is 10.5 Å². The maximum atomic E-state index is 13.0. The van der Waals surface area contributed by atoms with Gasteiger partial charge in [0.25, 0.3) is 0 Å². The molecule has 8 nitrogen and oxygen atoms in total. The molecule has 8 heteroatoms. The molecule has 1 heterocycles. The fourth-order valence-corrected chi connectivity index (χ4v) is 2.96. The van der Waals surface area contributed by atoms with E-state index < -0.39 is 35.6 Å². The van der Waals surface area contributed by atoms with Crippen LogP contribution in [0, 0.1) is 22.7 Å². The molecular weight excluding hydrogens is 348 g/mol. The number of rotatable bonds is 5. The monoisotopic (exact) mass is 380 g/mol. The Kier molecular flexibility index (Phi) is 7.38. The van der Waals surface area contributed by atoms with E-state index >= 15 is 0 Å². The van der Waals surface area contributed by atoms with Crippen LogP contribution in [0.5, 0.6) is 0 Å². The number of ether oxygens (including phenoxy) is 1. The Bertz CT molecular complexity index is 613. The molecule has 1 rings (SSSR count). The van der Waals surface area contributed by atoms with Crippen molar-refractivity contribution in [3.05, 3.63) is 0 Å². The van der Waals surface area contributed by atoms with Crippen molar-refractivity contribution < 1.29 is 19.1 Å². The van der Waals surface area contributed by atoms with E-state index in [1.165, 1.54) is 0 Å². The first-order chi connectivity index (χ1) is 12.2. The van der Waals surface area contributed by atoms with Gasteiger partial charge in [-0.3, -0.25) is 9.59 Å². The molecule has 3 amide bonds. The minimum Gasteiger partial charge on any atom is -0.443 e. The summed E-state index contributed by atoms with van der Waals surface area (Å²) in [5.74, 6) is -1.26. The lowest BCUT2D eigenvalue weighted by Crippen LogP contribution is -2.54. The number of imide groups is 1. The number of hydrogen-bond acceptors (Lipinski definition) is 6. The molecule has 0 saturated carbocycles. The van der Waals surface area contributed by atoms with E-state index in [1.807, 2.05) is 26.8 Å². The van der Waals surface area contributed by atoms with Crippen molar-refractivity contribution in [2.75, 3.05) is 6.54 Å². The van der Waals surface area contributed by atoms with E-state index in [2.05, 4.69) is 5.32 Å². The average Bonchev–Trinajstić information content (AvgIpc) is 2.87. The van der Waals surface area contributed by atoms with Crippen LogP contribution in [0.1, 0.15) is 60.8 Å². The number of amides is 3. The second-order valence-electron chi connectivity index (χ2n) is 9.22. The zero-order chi connectivity index (χ0) is 21.0. The molecule has 1 aliphatic rings. The van der Waals surface area contributed by atoms with Crippen molar-refractivity contribution in [3.63, 3.8) is 0 Å². The SMILES string of the molecule is CC(C)(C)C[C@H](N)C(=O)N(C(=O)OC(C)(C)C)[C@H](C#N)C[C@@H]1CCNC1=O. The fraction of sp³-hybridized carbons (Fsp3) is 0.789. The Labute approximate surface area is 161 Å². The lowest BCUT2D eigenvalue weighted by Gasteiger charge is -2.32. The number of nitrogens with zero attached hydrogens (tertiary/aromatic N) is 2. The topological polar surface area (TPSA) is 126 Å². The number of hydrogen-bond donors (Lipinski definition) is 2. The Balaban J connectivity index is 3.11. The molecule has 3 N–H and O–H groups in total. The molecule has 1 saturated heterocycles. The Morgan fingerprint density at radius 3 is 2.33 bits per heavy atom. The van der Waals surface area contributed by atoms with Crippen LogP contribution in [0.4, 0.5) is 4.79 Å². The van der Waals surface area contributed by atoms with Gasteiger partial charge in [-0.25, -0.2) is 9.69 Å². The highest BCUT2D eigenvalue weighted by Gasteiger charge is 2.39. The molecule has 0 aliphatic carbocycles. The van der Waals surface area contributed by atoms with Crippen LogP contribution in [0.25, 0.3) is 0 Å². The molecule has 152 valence electrons. The maximum Gasteiger partial charge on any atom is 0.418 e. The van der Waals surface area contributed by atoms with Crippen LogP contribution in [-0.4, -0.2) is 47.0 Å². The third kappa shape index (κ3) is 7.18. The fourth-order valence-electron chi connectivity index (χ4n) is 2.96. The van der Waals surface area contributed by atoms with E-state index in [-0.39, 0.29) is 17.7 Å². The van der Waals surface area contributed by atoms with Gasteiger partial charge in [0.2, 0.25) is 11.8 Å². The van der Waals surface area contributed by atoms with Crippen molar-refractivity contribution in [3.8, 4) is 6.07 Å². The largest absolute Gasteiger partial charge is 0.443 e. The summed E-state index contributed by atoms with van der Waals surface area (Å²) < 4.78 is 5.33. The zero-order valence-electron chi connectivity index (χ0n) is 17.2. The Morgan fingerprint density at radius 2 is 1.93 bits per heavy atom. The molecule has 0 aromatic carbocycles. The van der Waals surface area contributed by atoms with Gasteiger partial charge in [-0.15, -0.1) is 0 Å². The minimum atomic E-state index is -1.12. The van der Waals surface area contributed by atoms with Gasteiger partial charge in [-0.2, -0.15) is 5.26 Å². The van der Waals surface area contributed by atoms with Gasteiger partial charge in [-0.1, -0.05) is 20.8 Å².